The second kappa shape index (κ2) is 8.08. The molecule has 0 atom stereocenters. The van der Waals surface area contributed by atoms with Gasteiger partial charge in [0.15, 0.2) is 0 Å². The third-order valence-electron chi connectivity index (χ3n) is 4.68. The van der Waals surface area contributed by atoms with Gasteiger partial charge < -0.3 is 10.6 Å². The van der Waals surface area contributed by atoms with Crippen molar-refractivity contribution in [2.45, 2.75) is 13.8 Å². The lowest BCUT2D eigenvalue weighted by molar-refractivity contribution is 0.101. The lowest BCUT2D eigenvalue weighted by atomic mass is 10.1. The molecular weight excluding hydrogens is 378 g/mol. The summed E-state index contributed by atoms with van der Waals surface area (Å²) in [6.45, 7) is 3.79. The quantitative estimate of drug-likeness (QED) is 0.539. The van der Waals surface area contributed by atoms with Gasteiger partial charge in [0.25, 0.3) is 11.8 Å². The van der Waals surface area contributed by atoms with E-state index in [1.807, 2.05) is 13.8 Å². The van der Waals surface area contributed by atoms with Crippen molar-refractivity contribution in [2.75, 3.05) is 10.6 Å². The molecule has 0 aliphatic heterocycles. The van der Waals surface area contributed by atoms with Crippen LogP contribution in [-0.4, -0.2) is 26.8 Å². The number of hydrogen-bond donors (Lipinski definition) is 2. The van der Waals surface area contributed by atoms with E-state index >= 15 is 0 Å². The van der Waals surface area contributed by atoms with E-state index in [0.29, 0.717) is 28.0 Å². The zero-order valence-corrected chi connectivity index (χ0v) is 16.5. The van der Waals surface area contributed by atoms with Crippen molar-refractivity contribution in [3.05, 3.63) is 89.5 Å². The van der Waals surface area contributed by atoms with Crippen molar-refractivity contribution in [2.24, 2.45) is 0 Å². The van der Waals surface area contributed by atoms with E-state index < -0.39 is 0 Å². The van der Waals surface area contributed by atoms with Crippen molar-refractivity contribution in [1.29, 1.82) is 0 Å². The van der Waals surface area contributed by atoms with Gasteiger partial charge in [-0.3, -0.25) is 14.6 Å². The van der Waals surface area contributed by atoms with E-state index in [1.165, 1.54) is 6.20 Å². The third-order valence-corrected chi connectivity index (χ3v) is 4.68. The van der Waals surface area contributed by atoms with Crippen molar-refractivity contribution < 1.29 is 9.59 Å². The molecule has 4 aromatic rings. The first-order valence-corrected chi connectivity index (χ1v) is 9.38. The number of carbonyl (C=O) groups is 2. The Morgan fingerprint density at radius 2 is 1.37 bits per heavy atom. The maximum Gasteiger partial charge on any atom is 0.257 e. The monoisotopic (exact) mass is 397 g/mol. The second-order valence-corrected chi connectivity index (χ2v) is 6.79. The fraction of sp³-hybridized carbons (Fsp3) is 0.0870. The molecule has 0 unspecified atom stereocenters. The Hall–Kier alpha value is -4.13. The normalized spacial score (nSPS) is 10.6. The zero-order chi connectivity index (χ0) is 21.1. The maximum absolute atomic E-state index is 12.8. The molecule has 2 aromatic heterocycles. The lowest BCUT2D eigenvalue weighted by Crippen LogP contribution is -2.17. The van der Waals surface area contributed by atoms with Crippen LogP contribution in [0.1, 0.15) is 32.1 Å². The molecule has 148 valence electrons. The van der Waals surface area contributed by atoms with Crippen LogP contribution in [0.5, 0.6) is 0 Å². The molecule has 2 aromatic carbocycles. The van der Waals surface area contributed by atoms with Gasteiger partial charge in [-0.1, -0.05) is 12.1 Å². The highest BCUT2D eigenvalue weighted by atomic mass is 16.2. The van der Waals surface area contributed by atoms with Crippen LogP contribution in [0.3, 0.4) is 0 Å². The minimum absolute atomic E-state index is 0.306. The maximum atomic E-state index is 12.8. The van der Waals surface area contributed by atoms with Gasteiger partial charge in [-0.05, 0) is 56.3 Å². The number of anilines is 2. The van der Waals surface area contributed by atoms with Gasteiger partial charge in [-0.2, -0.15) is 0 Å². The molecule has 2 amide bonds. The van der Waals surface area contributed by atoms with Gasteiger partial charge in [0.1, 0.15) is 0 Å². The van der Waals surface area contributed by atoms with Crippen LogP contribution in [0.25, 0.3) is 11.0 Å². The summed E-state index contributed by atoms with van der Waals surface area (Å²) < 4.78 is 0. The molecule has 0 aliphatic carbocycles. The van der Waals surface area contributed by atoms with Crippen molar-refractivity contribution in [1.82, 2.24) is 15.0 Å². The average molecular weight is 397 g/mol. The summed E-state index contributed by atoms with van der Waals surface area (Å²) in [5, 5.41) is 5.67. The molecule has 0 fully saturated rings. The Labute approximate surface area is 173 Å². The minimum Gasteiger partial charge on any atom is -0.320 e. The van der Waals surface area contributed by atoms with Gasteiger partial charge in [-0.25, -0.2) is 9.97 Å². The molecule has 0 radical (unpaired) electrons. The summed E-state index contributed by atoms with van der Waals surface area (Å²) in [5.41, 5.74) is 4.94. The van der Waals surface area contributed by atoms with Crippen LogP contribution in [0.15, 0.2) is 67.0 Å². The number of amides is 2. The molecule has 0 saturated heterocycles. The Morgan fingerprint density at radius 1 is 0.733 bits per heavy atom. The number of nitrogens with zero attached hydrogens (tertiary/aromatic N) is 3. The average Bonchev–Trinajstić information content (AvgIpc) is 2.76. The van der Waals surface area contributed by atoms with E-state index in [0.717, 1.165) is 16.9 Å². The first-order chi connectivity index (χ1) is 14.5. The number of carbonyl (C=O) groups excluding carboxylic acids is 2. The predicted octanol–water partition coefficient (Wildman–Crippen LogP) is 4.15. The van der Waals surface area contributed by atoms with Gasteiger partial charge in [-0.15, -0.1) is 0 Å². The summed E-state index contributed by atoms with van der Waals surface area (Å²) >= 11 is 0. The molecule has 0 bridgehead atoms. The van der Waals surface area contributed by atoms with Crippen molar-refractivity contribution in [3.8, 4) is 0 Å². The topological polar surface area (TPSA) is 96.9 Å². The predicted molar refractivity (Wildman–Crippen MR) is 116 cm³/mol. The number of aryl methyl sites for hydroxylation is 2. The second-order valence-electron chi connectivity index (χ2n) is 6.79. The molecule has 2 heterocycles. The number of para-hydroxylation sites is 2. The van der Waals surface area contributed by atoms with Crippen LogP contribution < -0.4 is 10.6 Å². The highest BCUT2D eigenvalue weighted by Crippen LogP contribution is 2.23. The Bertz CT molecular complexity index is 1260. The fourth-order valence-corrected chi connectivity index (χ4v) is 2.96. The largest absolute Gasteiger partial charge is 0.320 e. The summed E-state index contributed by atoms with van der Waals surface area (Å²) in [6.07, 6.45) is 3.08. The molecule has 7 nitrogen and oxygen atoms in total. The SMILES string of the molecule is Cc1nc2ccc(C(=O)Nc3ccccc3NC(=O)c3cccnc3)cc2nc1C. The minimum atomic E-state index is -0.309. The van der Waals surface area contributed by atoms with Gasteiger partial charge in [0, 0.05) is 18.0 Å². The number of benzene rings is 2. The first-order valence-electron chi connectivity index (χ1n) is 9.38. The Balaban J connectivity index is 1.57. The van der Waals surface area contributed by atoms with Crippen LogP contribution in [0, 0.1) is 13.8 Å². The van der Waals surface area contributed by atoms with Crippen LogP contribution in [-0.2, 0) is 0 Å². The third kappa shape index (κ3) is 4.00. The van der Waals surface area contributed by atoms with E-state index in [4.69, 9.17) is 0 Å². The zero-order valence-electron chi connectivity index (χ0n) is 16.5. The van der Waals surface area contributed by atoms with E-state index in [1.54, 1.807) is 60.8 Å². The molecule has 2 N–H and O–H groups in total. The Morgan fingerprint density at radius 3 is 2.00 bits per heavy atom. The molecule has 0 spiro atoms. The molecule has 7 heteroatoms. The van der Waals surface area contributed by atoms with Gasteiger partial charge in [0.2, 0.25) is 0 Å². The summed E-state index contributed by atoms with van der Waals surface area (Å²) in [6, 6.07) is 15.6. The number of fused-ring (bicyclic) bond motifs is 1. The highest BCUT2D eigenvalue weighted by molar-refractivity contribution is 6.10. The molecule has 30 heavy (non-hydrogen) atoms. The fourth-order valence-electron chi connectivity index (χ4n) is 2.96. The molecule has 4 rings (SSSR count). The van der Waals surface area contributed by atoms with E-state index in [-0.39, 0.29) is 11.8 Å². The smallest absolute Gasteiger partial charge is 0.257 e. The number of aromatic nitrogens is 3. The van der Waals surface area contributed by atoms with Crippen molar-refractivity contribution in [3.63, 3.8) is 0 Å². The molecular formula is C23H19N5O2. The summed E-state index contributed by atoms with van der Waals surface area (Å²) in [5.74, 6) is -0.614. The Kier molecular flexibility index (Phi) is 5.17. The summed E-state index contributed by atoms with van der Waals surface area (Å²) in [7, 11) is 0. The number of nitrogens with one attached hydrogen (secondary N) is 2. The standard InChI is InChI=1S/C23H19N5O2/c1-14-15(2)26-21-12-16(9-10-20(21)25-14)22(29)27-18-7-3-4-8-19(18)28-23(30)17-6-5-11-24-13-17/h3-13H,1-2H3,(H,27,29)(H,28,30). The van der Waals surface area contributed by atoms with E-state index in [2.05, 4.69) is 25.6 Å². The van der Waals surface area contributed by atoms with Gasteiger partial charge in [0.05, 0.1) is 39.4 Å². The van der Waals surface area contributed by atoms with Crippen molar-refractivity contribution >= 4 is 34.2 Å². The van der Waals surface area contributed by atoms with Gasteiger partial charge >= 0.3 is 0 Å². The number of hydrogen-bond acceptors (Lipinski definition) is 5. The molecule has 0 aliphatic rings. The lowest BCUT2D eigenvalue weighted by Gasteiger charge is -2.12. The first kappa shape index (κ1) is 19.2. The van der Waals surface area contributed by atoms with Crippen LogP contribution >= 0.6 is 0 Å². The number of pyridine rings is 1. The number of rotatable bonds is 4. The van der Waals surface area contributed by atoms with Crippen LogP contribution in [0.4, 0.5) is 11.4 Å². The van der Waals surface area contributed by atoms with Crippen LogP contribution in [0.2, 0.25) is 0 Å². The van der Waals surface area contributed by atoms with E-state index in [9.17, 15) is 9.59 Å². The summed E-state index contributed by atoms with van der Waals surface area (Å²) in [4.78, 5) is 38.2. The highest BCUT2D eigenvalue weighted by Gasteiger charge is 2.13. The molecule has 0 saturated carbocycles.